The summed E-state index contributed by atoms with van der Waals surface area (Å²) in [6, 6.07) is 14.4. The molecule has 0 unspecified atom stereocenters. The first-order valence-electron chi connectivity index (χ1n) is 10.5. The molecule has 1 aliphatic rings. The van der Waals surface area contributed by atoms with E-state index in [2.05, 4.69) is 16.7 Å². The minimum absolute atomic E-state index is 0.404. The molecular weight excluding hydrogens is 422 g/mol. The van der Waals surface area contributed by atoms with Gasteiger partial charge in [-0.15, -0.1) is 0 Å². The number of urea groups is 1. The molecule has 0 atom stereocenters. The molecule has 3 amide bonds. The number of methoxy groups -OCH3 is 1. The molecule has 0 saturated carbocycles. The monoisotopic (exact) mass is 445 g/mol. The van der Waals surface area contributed by atoms with Crippen molar-refractivity contribution in [2.75, 3.05) is 20.8 Å². The Balaban J connectivity index is 1.68. The number of aromatic nitrogens is 1. The van der Waals surface area contributed by atoms with Gasteiger partial charge in [0.1, 0.15) is 5.75 Å². The van der Waals surface area contributed by atoms with E-state index in [-0.39, 0.29) is 0 Å². The van der Waals surface area contributed by atoms with E-state index in [1.54, 1.807) is 7.11 Å². The van der Waals surface area contributed by atoms with E-state index >= 15 is 0 Å². The highest BCUT2D eigenvalue weighted by molar-refractivity contribution is 6.08. The molecule has 33 heavy (non-hydrogen) atoms. The van der Waals surface area contributed by atoms with Crippen molar-refractivity contribution in [2.45, 2.75) is 12.8 Å². The Morgan fingerprint density at radius 2 is 1.82 bits per heavy atom. The van der Waals surface area contributed by atoms with Gasteiger partial charge in [0.25, 0.3) is 5.91 Å². The van der Waals surface area contributed by atoms with Crippen LogP contribution in [0.5, 0.6) is 5.75 Å². The summed E-state index contributed by atoms with van der Waals surface area (Å²) in [6.45, 7) is -0.563. The predicted octanol–water partition coefficient (Wildman–Crippen LogP) is 3.34. The summed E-state index contributed by atoms with van der Waals surface area (Å²) in [5, 5.41) is 5.01. The number of hydrogen-bond donors (Lipinski definition) is 2. The van der Waals surface area contributed by atoms with Crippen LogP contribution in [0.3, 0.4) is 0 Å². The van der Waals surface area contributed by atoms with E-state index in [9.17, 15) is 14.4 Å². The lowest BCUT2D eigenvalue weighted by Crippen LogP contribution is -2.39. The van der Waals surface area contributed by atoms with E-state index < -0.39 is 24.5 Å². The summed E-state index contributed by atoms with van der Waals surface area (Å²) < 4.78 is 10.5. The topological polar surface area (TPSA) is 107 Å². The number of carbonyl (C=O) groups is 3. The summed E-state index contributed by atoms with van der Waals surface area (Å²) >= 11 is 0. The number of allylic oxidation sites excluding steroid dienone is 1. The van der Waals surface area contributed by atoms with Gasteiger partial charge < -0.3 is 14.8 Å². The molecular formula is C25H23N3O5. The minimum atomic E-state index is -0.710. The smallest absolute Gasteiger partial charge is 0.339 e. The Hall–Kier alpha value is -4.20. The van der Waals surface area contributed by atoms with Gasteiger partial charge in [0.15, 0.2) is 6.61 Å². The van der Waals surface area contributed by atoms with E-state index in [1.807, 2.05) is 48.5 Å². The second-order valence-electron chi connectivity index (χ2n) is 7.48. The lowest BCUT2D eigenvalue weighted by Gasteiger charge is -2.12. The maximum absolute atomic E-state index is 13.0. The Labute approximate surface area is 190 Å². The van der Waals surface area contributed by atoms with Crippen molar-refractivity contribution >= 4 is 40.5 Å². The van der Waals surface area contributed by atoms with Crippen LogP contribution in [0.2, 0.25) is 0 Å². The summed E-state index contributed by atoms with van der Waals surface area (Å²) in [6.07, 6.45) is 3.41. The van der Waals surface area contributed by atoms with Gasteiger partial charge in [-0.05, 0) is 53.8 Å². The largest absolute Gasteiger partial charge is 0.497 e. The normalized spacial score (nSPS) is 13.5. The molecule has 168 valence electrons. The van der Waals surface area contributed by atoms with Crippen LogP contribution in [-0.2, 0) is 16.0 Å². The Morgan fingerprint density at radius 1 is 1.06 bits per heavy atom. The summed E-state index contributed by atoms with van der Waals surface area (Å²) in [5.41, 5.74) is 4.65. The fourth-order valence-electron chi connectivity index (χ4n) is 3.84. The quantitative estimate of drug-likeness (QED) is 0.584. The number of fused-ring (bicyclic) bond motifs is 2. The summed E-state index contributed by atoms with van der Waals surface area (Å²) in [4.78, 5) is 41.0. The Kier molecular flexibility index (Phi) is 6.35. The zero-order chi connectivity index (χ0) is 23.4. The van der Waals surface area contributed by atoms with Gasteiger partial charge >= 0.3 is 12.0 Å². The van der Waals surface area contributed by atoms with Crippen LogP contribution in [0.25, 0.3) is 22.6 Å². The molecule has 3 aromatic rings. The minimum Gasteiger partial charge on any atom is -0.497 e. The zero-order valence-electron chi connectivity index (χ0n) is 18.3. The second kappa shape index (κ2) is 9.52. The number of hydrogen-bond acceptors (Lipinski definition) is 6. The molecule has 1 aromatic heterocycles. The summed E-state index contributed by atoms with van der Waals surface area (Å²) in [5.74, 6) is -0.557. The number of esters is 1. The number of rotatable bonds is 5. The molecule has 0 aliphatic heterocycles. The van der Waals surface area contributed by atoms with Crippen molar-refractivity contribution in [3.63, 3.8) is 0 Å². The third-order valence-electron chi connectivity index (χ3n) is 5.42. The fraction of sp³-hybridized carbons (Fsp3) is 0.200. The molecule has 0 bridgehead atoms. The lowest BCUT2D eigenvalue weighted by atomic mass is 10.0. The van der Waals surface area contributed by atoms with Gasteiger partial charge in [-0.3, -0.25) is 10.1 Å². The van der Waals surface area contributed by atoms with Crippen molar-refractivity contribution in [1.29, 1.82) is 0 Å². The number of imide groups is 1. The van der Waals surface area contributed by atoms with Gasteiger partial charge in [-0.25, -0.2) is 14.6 Å². The molecule has 0 saturated heterocycles. The molecule has 1 heterocycles. The number of ether oxygens (including phenoxy) is 2. The SMILES string of the molecule is CNC(=O)NC(=O)COC(=O)c1c2c(nc3ccccc13)/C(=C\c1ccc(OC)cc1)CC2. The van der Waals surface area contributed by atoms with Crippen molar-refractivity contribution in [3.05, 3.63) is 70.9 Å². The first-order valence-corrected chi connectivity index (χ1v) is 10.5. The fourth-order valence-corrected chi connectivity index (χ4v) is 3.84. The third kappa shape index (κ3) is 4.69. The van der Waals surface area contributed by atoms with Crippen molar-refractivity contribution in [2.24, 2.45) is 0 Å². The first kappa shape index (κ1) is 22.0. The highest BCUT2D eigenvalue weighted by Gasteiger charge is 2.28. The molecule has 4 rings (SSSR count). The standard InChI is InChI=1S/C25H23N3O5/c1-26-25(31)28-21(29)14-33-24(30)22-18-5-3-4-6-20(18)27-23-16(9-12-19(22)23)13-15-7-10-17(32-2)11-8-15/h3-8,10-11,13H,9,12,14H2,1-2H3,(H2,26,28,29,31)/b16-13-. The number of nitrogens with one attached hydrogen (secondary N) is 2. The van der Waals surface area contributed by atoms with Crippen LogP contribution in [0.4, 0.5) is 4.79 Å². The number of pyridine rings is 1. The highest BCUT2D eigenvalue weighted by Crippen LogP contribution is 2.37. The molecule has 0 radical (unpaired) electrons. The first-order chi connectivity index (χ1) is 16.0. The maximum atomic E-state index is 13.0. The number of benzene rings is 2. The van der Waals surface area contributed by atoms with Gasteiger partial charge in [0.05, 0.1) is 23.9 Å². The predicted molar refractivity (Wildman–Crippen MR) is 124 cm³/mol. The van der Waals surface area contributed by atoms with Crippen LogP contribution in [0, 0.1) is 0 Å². The molecule has 8 heteroatoms. The van der Waals surface area contributed by atoms with Crippen LogP contribution < -0.4 is 15.4 Å². The van der Waals surface area contributed by atoms with E-state index in [1.165, 1.54) is 7.05 Å². The number of nitrogens with zero attached hydrogens (tertiary/aromatic N) is 1. The molecule has 8 nitrogen and oxygen atoms in total. The van der Waals surface area contributed by atoms with Gasteiger partial charge in [0, 0.05) is 12.4 Å². The number of amides is 3. The average Bonchev–Trinajstić information content (AvgIpc) is 3.23. The van der Waals surface area contributed by atoms with Crippen molar-refractivity contribution in [1.82, 2.24) is 15.6 Å². The van der Waals surface area contributed by atoms with E-state index in [0.717, 1.165) is 34.6 Å². The van der Waals surface area contributed by atoms with E-state index in [0.29, 0.717) is 22.9 Å². The van der Waals surface area contributed by atoms with Crippen LogP contribution in [-0.4, -0.2) is 43.7 Å². The van der Waals surface area contributed by atoms with Crippen molar-refractivity contribution in [3.8, 4) is 5.75 Å². The molecule has 2 N–H and O–H groups in total. The number of para-hydroxylation sites is 1. The Morgan fingerprint density at radius 3 is 2.55 bits per heavy atom. The van der Waals surface area contributed by atoms with Gasteiger partial charge in [0.2, 0.25) is 0 Å². The summed E-state index contributed by atoms with van der Waals surface area (Å²) in [7, 11) is 3.01. The van der Waals surface area contributed by atoms with Crippen molar-refractivity contribution < 1.29 is 23.9 Å². The third-order valence-corrected chi connectivity index (χ3v) is 5.42. The zero-order valence-corrected chi connectivity index (χ0v) is 18.3. The van der Waals surface area contributed by atoms with Crippen LogP contribution in [0.1, 0.15) is 33.6 Å². The lowest BCUT2D eigenvalue weighted by molar-refractivity contribution is -0.123. The highest BCUT2D eigenvalue weighted by atomic mass is 16.5. The number of carbonyl (C=O) groups excluding carboxylic acids is 3. The van der Waals surface area contributed by atoms with Gasteiger partial charge in [-0.1, -0.05) is 30.3 Å². The maximum Gasteiger partial charge on any atom is 0.339 e. The molecule has 0 fully saturated rings. The molecule has 0 spiro atoms. The Bertz CT molecular complexity index is 1270. The van der Waals surface area contributed by atoms with Crippen LogP contribution in [0.15, 0.2) is 48.5 Å². The second-order valence-corrected chi connectivity index (χ2v) is 7.48. The van der Waals surface area contributed by atoms with Crippen LogP contribution >= 0.6 is 0 Å². The van der Waals surface area contributed by atoms with E-state index in [4.69, 9.17) is 14.5 Å². The van der Waals surface area contributed by atoms with Gasteiger partial charge in [-0.2, -0.15) is 0 Å². The average molecular weight is 445 g/mol. The molecule has 1 aliphatic carbocycles. The molecule has 2 aromatic carbocycles.